The van der Waals surface area contributed by atoms with Crippen molar-refractivity contribution in [1.82, 2.24) is 5.43 Å². The molecule has 0 spiro atoms. The number of hydrogen-bond donors (Lipinski definition) is 2. The SMILES string of the molecule is CCOc1cc(/C=N\NC(=O)CC#N)ccc1OCC(=O)Nc1ccccc1OC. The summed E-state index contributed by atoms with van der Waals surface area (Å²) in [6, 6.07) is 13.8. The molecule has 0 aromatic heterocycles. The van der Waals surface area contributed by atoms with Crippen molar-refractivity contribution in [3.05, 3.63) is 48.0 Å². The Morgan fingerprint density at radius 2 is 1.90 bits per heavy atom. The molecule has 0 saturated heterocycles. The van der Waals surface area contributed by atoms with Gasteiger partial charge < -0.3 is 19.5 Å². The van der Waals surface area contributed by atoms with E-state index >= 15 is 0 Å². The Hall–Kier alpha value is -4.06. The Bertz CT molecular complexity index is 953. The van der Waals surface area contributed by atoms with Crippen molar-refractivity contribution in [2.45, 2.75) is 13.3 Å². The average Bonchev–Trinajstić information content (AvgIpc) is 2.74. The number of anilines is 1. The molecule has 0 bridgehead atoms. The molecule has 30 heavy (non-hydrogen) atoms. The number of benzene rings is 2. The number of carbonyl (C=O) groups excluding carboxylic acids is 2. The van der Waals surface area contributed by atoms with E-state index in [0.29, 0.717) is 35.1 Å². The zero-order valence-corrected chi connectivity index (χ0v) is 16.7. The number of carbonyl (C=O) groups is 2. The van der Waals surface area contributed by atoms with Gasteiger partial charge in [-0.05, 0) is 42.8 Å². The third kappa shape index (κ3) is 6.83. The first-order valence-electron chi connectivity index (χ1n) is 9.08. The first-order valence-corrected chi connectivity index (χ1v) is 9.08. The zero-order chi connectivity index (χ0) is 21.8. The Labute approximate surface area is 174 Å². The van der Waals surface area contributed by atoms with Crippen molar-refractivity contribution in [3.63, 3.8) is 0 Å². The van der Waals surface area contributed by atoms with Crippen molar-refractivity contribution < 1.29 is 23.8 Å². The number of methoxy groups -OCH3 is 1. The predicted octanol–water partition coefficient (Wildman–Crippen LogP) is 2.48. The number of nitriles is 1. The molecule has 2 rings (SSSR count). The second kappa shape index (κ2) is 11.7. The third-order valence-corrected chi connectivity index (χ3v) is 3.65. The first-order chi connectivity index (χ1) is 14.6. The molecule has 0 atom stereocenters. The van der Waals surface area contributed by atoms with Gasteiger partial charge in [0, 0.05) is 0 Å². The van der Waals surface area contributed by atoms with Crippen molar-refractivity contribution in [1.29, 1.82) is 5.26 Å². The number of amides is 2. The summed E-state index contributed by atoms with van der Waals surface area (Å²) in [5.74, 6) is 0.506. The van der Waals surface area contributed by atoms with E-state index in [1.54, 1.807) is 48.5 Å². The summed E-state index contributed by atoms with van der Waals surface area (Å²) in [6.45, 7) is 1.99. The van der Waals surface area contributed by atoms with Gasteiger partial charge in [-0.15, -0.1) is 0 Å². The smallest absolute Gasteiger partial charge is 0.262 e. The van der Waals surface area contributed by atoms with Crippen LogP contribution in [0.2, 0.25) is 0 Å². The number of ether oxygens (including phenoxy) is 3. The lowest BCUT2D eigenvalue weighted by atomic mass is 10.2. The summed E-state index contributed by atoms with van der Waals surface area (Å²) < 4.78 is 16.4. The molecular weight excluding hydrogens is 388 g/mol. The van der Waals surface area contributed by atoms with E-state index in [-0.39, 0.29) is 18.9 Å². The minimum atomic E-state index is -0.500. The monoisotopic (exact) mass is 410 g/mol. The van der Waals surface area contributed by atoms with Crippen LogP contribution in [0.15, 0.2) is 47.6 Å². The van der Waals surface area contributed by atoms with Crippen LogP contribution in [0.25, 0.3) is 0 Å². The number of para-hydroxylation sites is 2. The van der Waals surface area contributed by atoms with Crippen LogP contribution in [0.3, 0.4) is 0 Å². The van der Waals surface area contributed by atoms with Gasteiger partial charge in [-0.1, -0.05) is 12.1 Å². The zero-order valence-electron chi connectivity index (χ0n) is 16.7. The molecule has 0 aliphatic carbocycles. The minimum absolute atomic E-state index is 0.226. The Morgan fingerprint density at radius 3 is 2.63 bits per heavy atom. The average molecular weight is 410 g/mol. The Kier molecular flexibility index (Phi) is 8.68. The minimum Gasteiger partial charge on any atom is -0.495 e. The number of nitrogens with zero attached hydrogens (tertiary/aromatic N) is 2. The molecule has 2 amide bonds. The highest BCUT2D eigenvalue weighted by atomic mass is 16.5. The summed E-state index contributed by atoms with van der Waals surface area (Å²) in [6.07, 6.45) is 1.14. The van der Waals surface area contributed by atoms with Gasteiger partial charge >= 0.3 is 0 Å². The summed E-state index contributed by atoms with van der Waals surface area (Å²) in [4.78, 5) is 23.5. The summed E-state index contributed by atoms with van der Waals surface area (Å²) in [7, 11) is 1.52. The molecule has 0 radical (unpaired) electrons. The van der Waals surface area contributed by atoms with Crippen LogP contribution in [0.4, 0.5) is 5.69 Å². The third-order valence-electron chi connectivity index (χ3n) is 3.65. The van der Waals surface area contributed by atoms with Crippen LogP contribution < -0.4 is 25.0 Å². The predicted molar refractivity (Wildman–Crippen MR) is 111 cm³/mol. The van der Waals surface area contributed by atoms with Crippen LogP contribution in [-0.4, -0.2) is 38.4 Å². The fraction of sp³-hybridized carbons (Fsp3) is 0.238. The van der Waals surface area contributed by atoms with Gasteiger partial charge in [-0.25, -0.2) is 5.43 Å². The second-order valence-corrected chi connectivity index (χ2v) is 5.80. The number of nitrogens with one attached hydrogen (secondary N) is 2. The van der Waals surface area contributed by atoms with Crippen molar-refractivity contribution >= 4 is 23.7 Å². The molecule has 0 saturated carbocycles. The van der Waals surface area contributed by atoms with Gasteiger partial charge in [0.25, 0.3) is 11.8 Å². The standard InChI is InChI=1S/C21H22N4O5/c1-3-29-19-12-15(13-23-25-20(26)10-11-22)8-9-18(19)30-14-21(27)24-16-6-4-5-7-17(16)28-2/h4-9,12-13H,3,10,14H2,1-2H3,(H,24,27)(H,25,26)/b23-13-. The number of rotatable bonds is 10. The molecule has 2 N–H and O–H groups in total. The van der Waals surface area contributed by atoms with Crippen LogP contribution >= 0.6 is 0 Å². The highest BCUT2D eigenvalue weighted by molar-refractivity contribution is 5.93. The Morgan fingerprint density at radius 1 is 1.10 bits per heavy atom. The number of hydrazone groups is 1. The van der Waals surface area contributed by atoms with Crippen LogP contribution in [0, 0.1) is 11.3 Å². The molecule has 0 aliphatic rings. The summed E-state index contributed by atoms with van der Waals surface area (Å²) in [5.41, 5.74) is 3.43. The van der Waals surface area contributed by atoms with Crippen molar-refractivity contribution in [3.8, 4) is 23.3 Å². The van der Waals surface area contributed by atoms with E-state index in [0.717, 1.165) is 0 Å². The lowest BCUT2D eigenvalue weighted by molar-refractivity contribution is -0.120. The topological polar surface area (TPSA) is 122 Å². The van der Waals surface area contributed by atoms with Gasteiger partial charge in [0.2, 0.25) is 0 Å². The van der Waals surface area contributed by atoms with Crippen molar-refractivity contribution in [2.24, 2.45) is 5.10 Å². The molecular formula is C21H22N4O5. The van der Waals surface area contributed by atoms with Crippen LogP contribution in [0.1, 0.15) is 18.9 Å². The maximum Gasteiger partial charge on any atom is 0.262 e. The van der Waals surface area contributed by atoms with E-state index in [2.05, 4.69) is 15.8 Å². The molecule has 9 heteroatoms. The van der Waals surface area contributed by atoms with Crippen LogP contribution in [0.5, 0.6) is 17.2 Å². The van der Waals surface area contributed by atoms with E-state index in [4.69, 9.17) is 19.5 Å². The molecule has 0 heterocycles. The molecule has 0 fully saturated rings. The molecule has 0 unspecified atom stereocenters. The maximum atomic E-state index is 12.2. The quantitative estimate of drug-likeness (QED) is 0.458. The van der Waals surface area contributed by atoms with E-state index < -0.39 is 5.91 Å². The van der Waals surface area contributed by atoms with Gasteiger partial charge in [-0.2, -0.15) is 10.4 Å². The first kappa shape index (κ1) is 22.2. The van der Waals surface area contributed by atoms with E-state index in [9.17, 15) is 9.59 Å². The largest absolute Gasteiger partial charge is 0.495 e. The van der Waals surface area contributed by atoms with E-state index in [1.807, 2.05) is 6.92 Å². The molecule has 156 valence electrons. The van der Waals surface area contributed by atoms with Gasteiger partial charge in [0.05, 0.1) is 31.7 Å². The lowest BCUT2D eigenvalue weighted by Crippen LogP contribution is -2.20. The van der Waals surface area contributed by atoms with Gasteiger partial charge in [-0.3, -0.25) is 9.59 Å². The molecule has 2 aromatic rings. The molecule has 9 nitrogen and oxygen atoms in total. The van der Waals surface area contributed by atoms with Gasteiger partial charge in [0.15, 0.2) is 18.1 Å². The lowest BCUT2D eigenvalue weighted by Gasteiger charge is -2.13. The maximum absolute atomic E-state index is 12.2. The molecule has 2 aromatic carbocycles. The highest BCUT2D eigenvalue weighted by Gasteiger charge is 2.11. The Balaban J connectivity index is 2.00. The normalized spacial score (nSPS) is 10.2. The molecule has 0 aliphatic heterocycles. The fourth-order valence-corrected chi connectivity index (χ4v) is 2.36. The van der Waals surface area contributed by atoms with Crippen LogP contribution in [-0.2, 0) is 9.59 Å². The van der Waals surface area contributed by atoms with Gasteiger partial charge in [0.1, 0.15) is 12.2 Å². The summed E-state index contributed by atoms with van der Waals surface area (Å²) in [5, 5.41) is 15.0. The van der Waals surface area contributed by atoms with Crippen molar-refractivity contribution in [2.75, 3.05) is 25.6 Å². The van der Waals surface area contributed by atoms with E-state index in [1.165, 1.54) is 13.3 Å². The fourth-order valence-electron chi connectivity index (χ4n) is 2.36. The second-order valence-electron chi connectivity index (χ2n) is 5.80. The number of hydrogen-bond acceptors (Lipinski definition) is 7. The summed E-state index contributed by atoms with van der Waals surface area (Å²) >= 11 is 0. The highest BCUT2D eigenvalue weighted by Crippen LogP contribution is 2.28.